The Kier molecular flexibility index (Phi) is 5.37. The first-order valence-electron chi connectivity index (χ1n) is 7.37. The van der Waals surface area contributed by atoms with Crippen LogP contribution in [0.15, 0.2) is 24.4 Å². The molecule has 1 saturated heterocycles. The third kappa shape index (κ3) is 3.39. The van der Waals surface area contributed by atoms with Gasteiger partial charge in [-0.25, -0.2) is 0 Å². The largest absolute Gasteiger partial charge is 0.342 e. The lowest BCUT2D eigenvalue weighted by Crippen LogP contribution is -2.40. The zero-order valence-electron chi connectivity index (χ0n) is 12.3. The molecule has 3 atom stereocenters. The van der Waals surface area contributed by atoms with Gasteiger partial charge in [-0.05, 0) is 36.8 Å². The zero-order chi connectivity index (χ0) is 14.8. The third-order valence-electron chi connectivity index (χ3n) is 4.56. The standard InChI is InChI=1S/C15H20N4O2.ClH/c16-12-5-4-10-8-19(9-11(10)12)14(20)7-18-15(21)13-3-1-2-6-17-13;/h1-3,6,10-12H,4-5,7-9,16H2,(H,18,21);1H. The third-order valence-corrected chi connectivity index (χ3v) is 4.56. The van der Waals surface area contributed by atoms with Gasteiger partial charge in [-0.15, -0.1) is 12.4 Å². The van der Waals surface area contributed by atoms with Gasteiger partial charge in [0.2, 0.25) is 5.91 Å². The summed E-state index contributed by atoms with van der Waals surface area (Å²) in [5, 5.41) is 2.63. The molecule has 3 unspecified atom stereocenters. The summed E-state index contributed by atoms with van der Waals surface area (Å²) in [6, 6.07) is 5.33. The zero-order valence-corrected chi connectivity index (χ0v) is 13.1. The molecule has 3 rings (SSSR count). The maximum atomic E-state index is 12.2. The van der Waals surface area contributed by atoms with Gasteiger partial charge in [-0.3, -0.25) is 14.6 Å². The molecule has 120 valence electrons. The number of nitrogens with zero attached hydrogens (tertiary/aromatic N) is 2. The van der Waals surface area contributed by atoms with Crippen LogP contribution in [0.3, 0.4) is 0 Å². The lowest BCUT2D eigenvalue weighted by atomic mass is 9.98. The highest BCUT2D eigenvalue weighted by molar-refractivity contribution is 5.94. The normalized spacial score (nSPS) is 26.2. The van der Waals surface area contributed by atoms with Crippen LogP contribution in [0.25, 0.3) is 0 Å². The van der Waals surface area contributed by atoms with Crippen LogP contribution in [-0.2, 0) is 4.79 Å². The molecule has 1 aliphatic carbocycles. The van der Waals surface area contributed by atoms with Crippen LogP contribution >= 0.6 is 12.4 Å². The number of nitrogens with one attached hydrogen (secondary N) is 1. The fourth-order valence-corrected chi connectivity index (χ4v) is 3.37. The van der Waals surface area contributed by atoms with Crippen molar-refractivity contribution in [2.75, 3.05) is 19.6 Å². The van der Waals surface area contributed by atoms with Crippen molar-refractivity contribution in [3.05, 3.63) is 30.1 Å². The number of nitrogens with two attached hydrogens (primary N) is 1. The molecular formula is C15H21ClN4O2. The average Bonchev–Trinajstić information content (AvgIpc) is 3.08. The molecule has 1 aromatic heterocycles. The van der Waals surface area contributed by atoms with E-state index >= 15 is 0 Å². The summed E-state index contributed by atoms with van der Waals surface area (Å²) in [4.78, 5) is 29.8. The van der Waals surface area contributed by atoms with Crippen molar-refractivity contribution < 1.29 is 9.59 Å². The molecule has 0 aromatic carbocycles. The summed E-state index contributed by atoms with van der Waals surface area (Å²) in [7, 11) is 0. The predicted molar refractivity (Wildman–Crippen MR) is 84.6 cm³/mol. The van der Waals surface area contributed by atoms with Crippen molar-refractivity contribution in [1.29, 1.82) is 0 Å². The molecule has 7 heteroatoms. The second-order valence-electron chi connectivity index (χ2n) is 5.86. The molecule has 0 bridgehead atoms. The second kappa shape index (κ2) is 7.07. The molecule has 22 heavy (non-hydrogen) atoms. The topological polar surface area (TPSA) is 88.3 Å². The van der Waals surface area contributed by atoms with E-state index < -0.39 is 0 Å². The maximum Gasteiger partial charge on any atom is 0.270 e. The SMILES string of the molecule is Cl.NC1CCC2CN(C(=O)CNC(=O)c3ccccn3)CC12. The Balaban J connectivity index is 0.00000176. The fraction of sp³-hybridized carbons (Fsp3) is 0.533. The molecule has 0 spiro atoms. The van der Waals surface area contributed by atoms with Gasteiger partial charge in [0.25, 0.3) is 5.91 Å². The van der Waals surface area contributed by atoms with Crippen LogP contribution in [0.4, 0.5) is 0 Å². The minimum Gasteiger partial charge on any atom is -0.342 e. The van der Waals surface area contributed by atoms with E-state index in [2.05, 4.69) is 10.3 Å². The molecular weight excluding hydrogens is 304 g/mol. The first-order valence-corrected chi connectivity index (χ1v) is 7.37. The lowest BCUT2D eigenvalue weighted by Gasteiger charge is -2.18. The van der Waals surface area contributed by atoms with Gasteiger partial charge in [0.15, 0.2) is 0 Å². The van der Waals surface area contributed by atoms with Gasteiger partial charge >= 0.3 is 0 Å². The molecule has 2 heterocycles. The average molecular weight is 325 g/mol. The van der Waals surface area contributed by atoms with E-state index in [9.17, 15) is 9.59 Å². The van der Waals surface area contributed by atoms with Gasteiger partial charge in [0.05, 0.1) is 6.54 Å². The van der Waals surface area contributed by atoms with Gasteiger partial charge in [0, 0.05) is 25.3 Å². The van der Waals surface area contributed by atoms with E-state index in [-0.39, 0.29) is 36.8 Å². The number of rotatable bonds is 3. The number of pyridine rings is 1. The van der Waals surface area contributed by atoms with E-state index in [4.69, 9.17) is 5.73 Å². The minimum absolute atomic E-state index is 0. The number of likely N-dealkylation sites (tertiary alicyclic amines) is 1. The second-order valence-corrected chi connectivity index (χ2v) is 5.86. The van der Waals surface area contributed by atoms with Crippen LogP contribution in [0.2, 0.25) is 0 Å². The van der Waals surface area contributed by atoms with E-state index in [1.165, 1.54) is 0 Å². The monoisotopic (exact) mass is 324 g/mol. The van der Waals surface area contributed by atoms with Crippen LogP contribution in [0, 0.1) is 11.8 Å². The number of amides is 2. The quantitative estimate of drug-likeness (QED) is 0.844. The molecule has 2 fully saturated rings. The van der Waals surface area contributed by atoms with Crippen molar-refractivity contribution in [2.45, 2.75) is 18.9 Å². The van der Waals surface area contributed by atoms with E-state index in [0.29, 0.717) is 17.5 Å². The van der Waals surface area contributed by atoms with Crippen LogP contribution in [-0.4, -0.2) is 47.4 Å². The highest BCUT2D eigenvalue weighted by Crippen LogP contribution is 2.36. The van der Waals surface area contributed by atoms with Crippen molar-refractivity contribution in [2.24, 2.45) is 17.6 Å². The van der Waals surface area contributed by atoms with Crippen LogP contribution < -0.4 is 11.1 Å². The summed E-state index contributed by atoms with van der Waals surface area (Å²) in [6.45, 7) is 1.52. The summed E-state index contributed by atoms with van der Waals surface area (Å²) in [5.41, 5.74) is 6.39. The van der Waals surface area contributed by atoms with Crippen molar-refractivity contribution in [1.82, 2.24) is 15.2 Å². The smallest absolute Gasteiger partial charge is 0.270 e. The minimum atomic E-state index is -0.319. The fourth-order valence-electron chi connectivity index (χ4n) is 3.37. The van der Waals surface area contributed by atoms with Crippen molar-refractivity contribution in [3.63, 3.8) is 0 Å². The Morgan fingerprint density at radius 2 is 2.14 bits per heavy atom. The summed E-state index contributed by atoms with van der Waals surface area (Å²) >= 11 is 0. The number of fused-ring (bicyclic) bond motifs is 1. The maximum absolute atomic E-state index is 12.2. The van der Waals surface area contributed by atoms with Gasteiger partial charge < -0.3 is 16.0 Å². The van der Waals surface area contributed by atoms with Crippen molar-refractivity contribution >= 4 is 24.2 Å². The summed E-state index contributed by atoms with van der Waals surface area (Å²) in [6.07, 6.45) is 3.73. The number of carbonyl (C=O) groups excluding carboxylic acids is 2. The number of aromatic nitrogens is 1. The number of carbonyl (C=O) groups is 2. The Morgan fingerprint density at radius 1 is 1.32 bits per heavy atom. The molecule has 2 amide bonds. The molecule has 2 aliphatic rings. The molecule has 1 aliphatic heterocycles. The Hall–Kier alpha value is -1.66. The van der Waals surface area contributed by atoms with Gasteiger partial charge in [-0.2, -0.15) is 0 Å². The number of halogens is 1. The van der Waals surface area contributed by atoms with E-state index in [0.717, 1.165) is 25.9 Å². The number of hydrogen-bond donors (Lipinski definition) is 2. The number of hydrogen-bond acceptors (Lipinski definition) is 4. The van der Waals surface area contributed by atoms with E-state index in [1.54, 1.807) is 24.4 Å². The summed E-state index contributed by atoms with van der Waals surface area (Å²) < 4.78 is 0. The Bertz CT molecular complexity index is 540. The molecule has 6 nitrogen and oxygen atoms in total. The highest BCUT2D eigenvalue weighted by Gasteiger charge is 2.42. The lowest BCUT2D eigenvalue weighted by molar-refractivity contribution is -0.129. The van der Waals surface area contributed by atoms with Crippen molar-refractivity contribution in [3.8, 4) is 0 Å². The molecule has 3 N–H and O–H groups in total. The van der Waals surface area contributed by atoms with Gasteiger partial charge in [0.1, 0.15) is 5.69 Å². The Morgan fingerprint density at radius 3 is 2.82 bits per heavy atom. The first kappa shape index (κ1) is 16.7. The van der Waals surface area contributed by atoms with E-state index in [1.807, 2.05) is 4.90 Å². The highest BCUT2D eigenvalue weighted by atomic mass is 35.5. The first-order chi connectivity index (χ1) is 10.1. The van der Waals surface area contributed by atoms with Crippen LogP contribution in [0.1, 0.15) is 23.3 Å². The molecule has 1 saturated carbocycles. The molecule has 1 aromatic rings. The van der Waals surface area contributed by atoms with Gasteiger partial charge in [-0.1, -0.05) is 6.07 Å². The Labute approximate surface area is 135 Å². The molecule has 0 radical (unpaired) electrons. The van der Waals surface area contributed by atoms with Crippen LogP contribution in [0.5, 0.6) is 0 Å². The predicted octanol–water partition coefficient (Wildman–Crippen LogP) is 0.429. The summed E-state index contributed by atoms with van der Waals surface area (Å²) in [5.74, 6) is 0.608.